The van der Waals surface area contributed by atoms with E-state index in [4.69, 9.17) is 19.4 Å². The van der Waals surface area contributed by atoms with Gasteiger partial charge in [0.15, 0.2) is 17.5 Å². The molecule has 0 unspecified atom stereocenters. The van der Waals surface area contributed by atoms with E-state index in [0.29, 0.717) is 17.5 Å². The summed E-state index contributed by atoms with van der Waals surface area (Å²) in [6, 6.07) is 65.5. The SMILES string of the molecule is c1ccc(-c2ccc(-c3nc(-c4ccccc4-c4cccc5c4sc4ccccc45)nc(-c4cccc5oc6cccc(-c7ccccc7)c6c45)n3)cc2)cc1. The average Bonchev–Trinajstić information content (AvgIpc) is 3.86. The number of fused-ring (bicyclic) bond motifs is 6. The van der Waals surface area contributed by atoms with Crippen molar-refractivity contribution in [2.75, 3.05) is 0 Å². The van der Waals surface area contributed by atoms with Crippen molar-refractivity contribution in [2.24, 2.45) is 0 Å². The van der Waals surface area contributed by atoms with Gasteiger partial charge in [0.25, 0.3) is 0 Å². The molecule has 3 aromatic heterocycles. The lowest BCUT2D eigenvalue weighted by Gasteiger charge is -2.13. The summed E-state index contributed by atoms with van der Waals surface area (Å²) in [6.45, 7) is 0. The number of benzene rings is 8. The Bertz CT molecular complexity index is 3240. The lowest BCUT2D eigenvalue weighted by atomic mass is 9.96. The molecule has 0 N–H and O–H groups in total. The molecule has 0 saturated heterocycles. The van der Waals surface area contributed by atoms with E-state index in [0.717, 1.165) is 72.0 Å². The van der Waals surface area contributed by atoms with Crippen molar-refractivity contribution in [2.45, 2.75) is 0 Å². The van der Waals surface area contributed by atoms with Gasteiger partial charge < -0.3 is 4.42 Å². The zero-order chi connectivity index (χ0) is 37.0. The van der Waals surface area contributed by atoms with Gasteiger partial charge in [-0.05, 0) is 46.0 Å². The van der Waals surface area contributed by atoms with Crippen LogP contribution in [-0.2, 0) is 0 Å². The standard InChI is InChI=1S/C51H31N3OS/c1-3-14-32(15-4-1)33-28-30-35(31-29-33)49-52-50(41-20-8-7-18-37(41)39-22-11-23-40-38-19-9-10-27-45(38)56-48(39)40)54-51(53-49)42-24-13-26-44-47(42)46-36(21-12-25-43(46)55-44)34-16-5-2-6-17-34/h1-31H. The van der Waals surface area contributed by atoms with Gasteiger partial charge in [-0.15, -0.1) is 11.3 Å². The van der Waals surface area contributed by atoms with Crippen LogP contribution in [0.2, 0.25) is 0 Å². The molecule has 8 aromatic carbocycles. The minimum atomic E-state index is 0.586. The lowest BCUT2D eigenvalue weighted by molar-refractivity contribution is 0.669. The minimum Gasteiger partial charge on any atom is -0.456 e. The summed E-state index contributed by atoms with van der Waals surface area (Å²) in [6.07, 6.45) is 0. The summed E-state index contributed by atoms with van der Waals surface area (Å²) in [5.74, 6) is 1.80. The Balaban J connectivity index is 1.16. The molecule has 0 aliphatic rings. The van der Waals surface area contributed by atoms with Crippen LogP contribution in [0.5, 0.6) is 0 Å². The molecule has 3 heterocycles. The normalized spacial score (nSPS) is 11.6. The summed E-state index contributed by atoms with van der Waals surface area (Å²) in [5.41, 5.74) is 11.1. The van der Waals surface area contributed by atoms with E-state index in [1.807, 2.05) is 41.7 Å². The Hall–Kier alpha value is -7.21. The van der Waals surface area contributed by atoms with Crippen LogP contribution >= 0.6 is 11.3 Å². The van der Waals surface area contributed by atoms with Crippen molar-refractivity contribution in [3.63, 3.8) is 0 Å². The van der Waals surface area contributed by atoms with Gasteiger partial charge in [0.1, 0.15) is 11.2 Å². The van der Waals surface area contributed by atoms with Gasteiger partial charge in [-0.2, -0.15) is 0 Å². The summed E-state index contributed by atoms with van der Waals surface area (Å²) < 4.78 is 9.05. The number of thiophene rings is 1. The first-order valence-corrected chi connectivity index (χ1v) is 19.5. The third-order valence-corrected chi connectivity index (χ3v) is 11.8. The first kappa shape index (κ1) is 32.2. The molecule has 11 rings (SSSR count). The monoisotopic (exact) mass is 733 g/mol. The second-order valence-corrected chi connectivity index (χ2v) is 15.0. The van der Waals surface area contributed by atoms with Gasteiger partial charge in [-0.25, -0.2) is 15.0 Å². The largest absolute Gasteiger partial charge is 0.456 e. The van der Waals surface area contributed by atoms with E-state index in [9.17, 15) is 0 Å². The van der Waals surface area contributed by atoms with Crippen LogP contribution in [0.15, 0.2) is 192 Å². The molecule has 0 atom stereocenters. The first-order valence-electron chi connectivity index (χ1n) is 18.7. The molecular weight excluding hydrogens is 703 g/mol. The van der Waals surface area contributed by atoms with Gasteiger partial charge in [0.2, 0.25) is 0 Å². The van der Waals surface area contributed by atoms with Gasteiger partial charge in [-0.3, -0.25) is 0 Å². The fourth-order valence-electron chi connectivity index (χ4n) is 7.97. The summed E-state index contributed by atoms with van der Waals surface area (Å²) in [4.78, 5) is 15.9. The maximum Gasteiger partial charge on any atom is 0.164 e. The van der Waals surface area contributed by atoms with E-state index in [1.54, 1.807) is 0 Å². The molecule has 0 spiro atoms. The van der Waals surface area contributed by atoms with E-state index >= 15 is 0 Å². The summed E-state index contributed by atoms with van der Waals surface area (Å²) in [5, 5.41) is 4.54. The van der Waals surface area contributed by atoms with E-state index in [-0.39, 0.29) is 0 Å². The first-order chi connectivity index (χ1) is 27.8. The Morgan fingerprint density at radius 1 is 0.321 bits per heavy atom. The number of aromatic nitrogens is 3. The fraction of sp³-hybridized carbons (Fsp3) is 0. The van der Waals surface area contributed by atoms with E-state index in [2.05, 4.69) is 158 Å². The molecule has 56 heavy (non-hydrogen) atoms. The third kappa shape index (κ3) is 5.40. The van der Waals surface area contributed by atoms with Crippen LogP contribution in [-0.4, -0.2) is 15.0 Å². The van der Waals surface area contributed by atoms with Gasteiger partial charge >= 0.3 is 0 Å². The van der Waals surface area contributed by atoms with Crippen LogP contribution in [0.3, 0.4) is 0 Å². The van der Waals surface area contributed by atoms with Crippen molar-refractivity contribution in [3.05, 3.63) is 188 Å². The van der Waals surface area contributed by atoms with Crippen molar-refractivity contribution in [1.29, 1.82) is 0 Å². The predicted molar refractivity (Wildman–Crippen MR) is 233 cm³/mol. The zero-order valence-electron chi connectivity index (χ0n) is 30.1. The van der Waals surface area contributed by atoms with Crippen LogP contribution in [0, 0.1) is 0 Å². The van der Waals surface area contributed by atoms with Gasteiger partial charge in [0.05, 0.1) is 0 Å². The van der Waals surface area contributed by atoms with E-state index in [1.165, 1.54) is 20.2 Å². The molecule has 0 radical (unpaired) electrons. The molecule has 0 bridgehead atoms. The maximum atomic E-state index is 6.53. The van der Waals surface area contributed by atoms with Crippen LogP contribution in [0.4, 0.5) is 0 Å². The van der Waals surface area contributed by atoms with E-state index < -0.39 is 0 Å². The quantitative estimate of drug-likeness (QED) is 0.171. The fourth-order valence-corrected chi connectivity index (χ4v) is 9.20. The van der Waals surface area contributed by atoms with Crippen molar-refractivity contribution in [1.82, 2.24) is 15.0 Å². The van der Waals surface area contributed by atoms with Gasteiger partial charge in [0, 0.05) is 53.2 Å². The highest BCUT2D eigenvalue weighted by atomic mass is 32.1. The summed E-state index contributed by atoms with van der Waals surface area (Å²) in [7, 11) is 0. The Morgan fingerprint density at radius 3 is 1.59 bits per heavy atom. The van der Waals surface area contributed by atoms with Crippen molar-refractivity contribution >= 4 is 53.4 Å². The molecule has 0 amide bonds. The van der Waals surface area contributed by atoms with Crippen molar-refractivity contribution < 1.29 is 4.42 Å². The Labute approximate surface area is 327 Å². The molecule has 262 valence electrons. The van der Waals surface area contributed by atoms with Crippen LogP contribution < -0.4 is 0 Å². The Morgan fingerprint density at radius 2 is 0.821 bits per heavy atom. The molecule has 4 nitrogen and oxygen atoms in total. The second kappa shape index (κ2) is 13.3. The van der Waals surface area contributed by atoms with Crippen molar-refractivity contribution in [3.8, 4) is 67.5 Å². The molecular formula is C51H31N3OS. The van der Waals surface area contributed by atoms with Crippen LogP contribution in [0.1, 0.15) is 0 Å². The molecule has 0 fully saturated rings. The lowest BCUT2D eigenvalue weighted by Crippen LogP contribution is -2.01. The highest BCUT2D eigenvalue weighted by Gasteiger charge is 2.22. The number of rotatable bonds is 6. The number of furan rings is 1. The molecule has 0 aliphatic carbocycles. The highest BCUT2D eigenvalue weighted by molar-refractivity contribution is 7.26. The van der Waals surface area contributed by atoms with Gasteiger partial charge in [-0.1, -0.05) is 170 Å². The molecule has 0 aliphatic heterocycles. The number of hydrogen-bond acceptors (Lipinski definition) is 5. The zero-order valence-corrected chi connectivity index (χ0v) is 30.9. The predicted octanol–water partition coefficient (Wildman–Crippen LogP) is 14.1. The summed E-state index contributed by atoms with van der Waals surface area (Å²) >= 11 is 1.83. The third-order valence-electron chi connectivity index (χ3n) is 10.6. The Kier molecular flexibility index (Phi) is 7.64. The van der Waals surface area contributed by atoms with Crippen LogP contribution in [0.25, 0.3) is 110 Å². The minimum absolute atomic E-state index is 0.586. The topological polar surface area (TPSA) is 51.8 Å². The average molecular weight is 734 g/mol. The molecule has 0 saturated carbocycles. The number of nitrogens with zero attached hydrogens (tertiary/aromatic N) is 3. The maximum absolute atomic E-state index is 6.53. The second-order valence-electron chi connectivity index (χ2n) is 13.9. The number of hydrogen-bond donors (Lipinski definition) is 0. The molecule has 11 aromatic rings. The molecule has 5 heteroatoms. The smallest absolute Gasteiger partial charge is 0.164 e. The highest BCUT2D eigenvalue weighted by Crippen LogP contribution is 2.44.